The molecule has 6 nitrogen and oxygen atoms in total. The summed E-state index contributed by atoms with van der Waals surface area (Å²) in [5.74, 6) is 1.55. The van der Waals surface area contributed by atoms with Crippen LogP contribution in [0.5, 0.6) is 0 Å². The van der Waals surface area contributed by atoms with Gasteiger partial charge >= 0.3 is 0 Å². The Hall–Kier alpha value is -2.02. The topological polar surface area (TPSA) is 68.9 Å². The molecule has 1 N–H and O–H groups in total. The van der Waals surface area contributed by atoms with Crippen molar-refractivity contribution < 1.29 is 9.59 Å². The summed E-state index contributed by atoms with van der Waals surface area (Å²) >= 11 is 1.38. The lowest BCUT2D eigenvalue weighted by atomic mass is 10.2. The van der Waals surface area contributed by atoms with Crippen molar-refractivity contribution in [2.24, 2.45) is 7.05 Å². The van der Waals surface area contributed by atoms with Crippen molar-refractivity contribution in [3.8, 4) is 5.82 Å². The van der Waals surface area contributed by atoms with Gasteiger partial charge in [0, 0.05) is 38.7 Å². The molecule has 1 amide bonds. The number of rotatable bonds is 9. The lowest BCUT2D eigenvalue weighted by Crippen LogP contribution is -2.25. The van der Waals surface area contributed by atoms with E-state index in [2.05, 4.69) is 10.4 Å². The van der Waals surface area contributed by atoms with E-state index < -0.39 is 0 Å². The van der Waals surface area contributed by atoms with Crippen molar-refractivity contribution in [1.82, 2.24) is 19.7 Å². The Morgan fingerprint density at radius 2 is 1.88 bits per heavy atom. The fourth-order valence-corrected chi connectivity index (χ4v) is 3.10. The largest absolute Gasteiger partial charge is 0.352 e. The molecule has 7 heteroatoms. The van der Waals surface area contributed by atoms with E-state index in [0.29, 0.717) is 12.1 Å². The molecule has 0 aliphatic rings. The monoisotopic (exact) mass is 348 g/mol. The van der Waals surface area contributed by atoms with Crippen LogP contribution >= 0.6 is 11.8 Å². The Morgan fingerprint density at radius 1 is 1.17 bits per heavy atom. The molecule has 0 aromatic carbocycles. The Balaban J connectivity index is 1.73. The molecule has 2 aromatic rings. The Kier molecular flexibility index (Phi) is 7.11. The highest BCUT2D eigenvalue weighted by Gasteiger charge is 2.16. The minimum Gasteiger partial charge on any atom is -0.352 e. The second-order valence-corrected chi connectivity index (χ2v) is 6.88. The molecule has 0 atom stereocenters. The minimum absolute atomic E-state index is 0.0982. The summed E-state index contributed by atoms with van der Waals surface area (Å²) in [5, 5.41) is 7.33. The van der Waals surface area contributed by atoms with Gasteiger partial charge in [-0.05, 0) is 25.0 Å². The molecule has 0 radical (unpaired) electrons. The van der Waals surface area contributed by atoms with E-state index in [4.69, 9.17) is 0 Å². The Morgan fingerprint density at radius 3 is 2.58 bits per heavy atom. The molecule has 0 spiro atoms. The van der Waals surface area contributed by atoms with Crippen LogP contribution in [0.25, 0.3) is 5.82 Å². The highest BCUT2D eigenvalue weighted by Crippen LogP contribution is 2.14. The maximum atomic E-state index is 12.4. The fraction of sp³-hybridized carbons (Fsp3) is 0.471. The molecule has 24 heavy (non-hydrogen) atoms. The zero-order valence-corrected chi connectivity index (χ0v) is 15.0. The number of hydrogen-bond donors (Lipinski definition) is 1. The van der Waals surface area contributed by atoms with Gasteiger partial charge in [0.15, 0.2) is 5.12 Å². The average Bonchev–Trinajstić information content (AvgIpc) is 3.18. The van der Waals surface area contributed by atoms with Crippen LogP contribution in [-0.2, 0) is 11.8 Å². The number of hydrogen-bond acceptors (Lipinski definition) is 4. The lowest BCUT2D eigenvalue weighted by molar-refractivity contribution is -0.109. The molecule has 0 unspecified atom stereocenters. The normalized spacial score (nSPS) is 10.8. The molecule has 0 bridgehead atoms. The number of amides is 1. The SMILES string of the molecule is CC(=O)SCCCCCCNC(=O)c1cnn(C)c1-n1cccc1. The number of nitrogens with one attached hydrogen (secondary N) is 1. The molecule has 2 heterocycles. The number of aryl methyl sites for hydroxylation is 1. The first-order chi connectivity index (χ1) is 11.6. The average molecular weight is 348 g/mol. The molecule has 0 aliphatic carbocycles. The van der Waals surface area contributed by atoms with E-state index in [9.17, 15) is 9.59 Å². The van der Waals surface area contributed by atoms with Crippen LogP contribution in [0, 0.1) is 0 Å². The molecule has 2 rings (SSSR count). The third-order valence-electron chi connectivity index (χ3n) is 3.66. The predicted molar refractivity (Wildman–Crippen MR) is 96.5 cm³/mol. The van der Waals surface area contributed by atoms with Crippen molar-refractivity contribution in [2.45, 2.75) is 32.6 Å². The number of aromatic nitrogens is 3. The van der Waals surface area contributed by atoms with E-state index in [1.165, 1.54) is 11.8 Å². The third-order valence-corrected chi connectivity index (χ3v) is 4.56. The summed E-state index contributed by atoms with van der Waals surface area (Å²) < 4.78 is 3.58. The smallest absolute Gasteiger partial charge is 0.256 e. The number of carbonyl (C=O) groups is 2. The standard InChI is InChI=1S/C17H24N4O2S/c1-14(22)24-12-8-4-3-5-9-18-16(23)15-13-19-20(2)17(15)21-10-6-7-11-21/h6-7,10-11,13H,3-5,8-9,12H2,1-2H3,(H,18,23). The van der Waals surface area contributed by atoms with Gasteiger partial charge in [-0.25, -0.2) is 0 Å². The van der Waals surface area contributed by atoms with Crippen LogP contribution in [-0.4, -0.2) is 37.7 Å². The van der Waals surface area contributed by atoms with Crippen molar-refractivity contribution >= 4 is 22.8 Å². The van der Waals surface area contributed by atoms with Crippen LogP contribution in [0.15, 0.2) is 30.7 Å². The van der Waals surface area contributed by atoms with Gasteiger partial charge < -0.3 is 9.88 Å². The molecule has 130 valence electrons. The van der Waals surface area contributed by atoms with Crippen LogP contribution in [0.2, 0.25) is 0 Å². The van der Waals surface area contributed by atoms with Crippen LogP contribution in [0.3, 0.4) is 0 Å². The Bertz CT molecular complexity index is 664. The summed E-state index contributed by atoms with van der Waals surface area (Å²) in [6, 6.07) is 3.83. The lowest BCUT2D eigenvalue weighted by Gasteiger charge is -2.08. The van der Waals surface area contributed by atoms with E-state index >= 15 is 0 Å². The number of carbonyl (C=O) groups excluding carboxylic acids is 2. The van der Waals surface area contributed by atoms with Crippen LogP contribution in [0.1, 0.15) is 43.0 Å². The molecular formula is C17H24N4O2S. The van der Waals surface area contributed by atoms with Crippen molar-refractivity contribution in [1.29, 1.82) is 0 Å². The van der Waals surface area contributed by atoms with E-state index in [-0.39, 0.29) is 11.0 Å². The van der Waals surface area contributed by atoms with Crippen LogP contribution < -0.4 is 5.32 Å². The predicted octanol–water partition coefficient (Wildman–Crippen LogP) is 2.78. The zero-order valence-electron chi connectivity index (χ0n) is 14.2. The zero-order chi connectivity index (χ0) is 17.4. The summed E-state index contributed by atoms with van der Waals surface area (Å²) in [6.45, 7) is 2.25. The molecule has 0 saturated heterocycles. The molecule has 0 fully saturated rings. The van der Waals surface area contributed by atoms with Crippen molar-refractivity contribution in [3.63, 3.8) is 0 Å². The summed E-state index contributed by atoms with van der Waals surface area (Å²) in [7, 11) is 1.82. The fourth-order valence-electron chi connectivity index (χ4n) is 2.47. The first kappa shape index (κ1) is 18.3. The van der Waals surface area contributed by atoms with Crippen molar-refractivity contribution in [2.75, 3.05) is 12.3 Å². The molecular weight excluding hydrogens is 324 g/mol. The molecule has 2 aromatic heterocycles. The van der Waals surface area contributed by atoms with E-state index in [0.717, 1.165) is 37.3 Å². The second-order valence-electron chi connectivity index (χ2n) is 5.61. The maximum Gasteiger partial charge on any atom is 0.256 e. The van der Waals surface area contributed by atoms with Gasteiger partial charge in [0.2, 0.25) is 0 Å². The first-order valence-electron chi connectivity index (χ1n) is 8.16. The molecule has 0 saturated carbocycles. The van der Waals surface area contributed by atoms with E-state index in [1.54, 1.807) is 17.8 Å². The van der Waals surface area contributed by atoms with Crippen molar-refractivity contribution in [3.05, 3.63) is 36.3 Å². The van der Waals surface area contributed by atoms with Gasteiger partial charge in [-0.2, -0.15) is 5.10 Å². The number of nitrogens with zero attached hydrogens (tertiary/aromatic N) is 3. The number of unbranched alkanes of at least 4 members (excludes halogenated alkanes) is 3. The quantitative estimate of drug-likeness (QED) is 0.708. The first-order valence-corrected chi connectivity index (χ1v) is 9.15. The van der Waals surface area contributed by atoms with Gasteiger partial charge in [-0.1, -0.05) is 24.6 Å². The highest BCUT2D eigenvalue weighted by atomic mass is 32.2. The Labute approximate surface area is 146 Å². The van der Waals surface area contributed by atoms with E-state index in [1.807, 2.05) is 36.1 Å². The van der Waals surface area contributed by atoms with Gasteiger partial charge in [-0.15, -0.1) is 0 Å². The van der Waals surface area contributed by atoms with Gasteiger partial charge in [-0.3, -0.25) is 14.3 Å². The maximum absolute atomic E-state index is 12.4. The third kappa shape index (κ3) is 5.26. The second kappa shape index (κ2) is 9.32. The molecule has 0 aliphatic heterocycles. The highest BCUT2D eigenvalue weighted by molar-refractivity contribution is 8.13. The summed E-state index contributed by atoms with van der Waals surface area (Å²) in [5.41, 5.74) is 0.576. The summed E-state index contributed by atoms with van der Waals surface area (Å²) in [4.78, 5) is 23.2. The summed E-state index contributed by atoms with van der Waals surface area (Å²) in [6.07, 6.45) is 9.51. The van der Waals surface area contributed by atoms with Gasteiger partial charge in [0.1, 0.15) is 11.4 Å². The minimum atomic E-state index is -0.0982. The number of thioether (sulfide) groups is 1. The van der Waals surface area contributed by atoms with Crippen LogP contribution in [0.4, 0.5) is 0 Å². The van der Waals surface area contributed by atoms with Gasteiger partial charge in [0.25, 0.3) is 5.91 Å². The van der Waals surface area contributed by atoms with Gasteiger partial charge in [0.05, 0.1) is 6.20 Å².